The van der Waals surface area contributed by atoms with Gasteiger partial charge in [0, 0.05) is 49.3 Å². The average molecular weight is 345 g/mol. The number of nitrogens with zero attached hydrogens (tertiary/aromatic N) is 1. The molecule has 1 aliphatic heterocycles. The third-order valence-electron chi connectivity index (χ3n) is 4.06. The van der Waals surface area contributed by atoms with E-state index >= 15 is 0 Å². The second-order valence-electron chi connectivity index (χ2n) is 5.99. The summed E-state index contributed by atoms with van der Waals surface area (Å²) in [5.41, 5.74) is 3.21. The molecule has 25 heavy (non-hydrogen) atoms. The van der Waals surface area contributed by atoms with Crippen LogP contribution in [0.5, 0.6) is 0 Å². The summed E-state index contributed by atoms with van der Waals surface area (Å²) in [4.78, 5) is 4.45. The van der Waals surface area contributed by atoms with Gasteiger partial charge < -0.3 is 24.8 Å². The van der Waals surface area contributed by atoms with Gasteiger partial charge in [-0.25, -0.2) is 0 Å². The maximum atomic E-state index is 5.59. The van der Waals surface area contributed by atoms with Crippen LogP contribution in [0.2, 0.25) is 0 Å². The molecule has 0 saturated heterocycles. The van der Waals surface area contributed by atoms with Crippen molar-refractivity contribution in [1.82, 2.24) is 4.98 Å². The molecule has 0 saturated carbocycles. The molecule has 2 aromatic rings. The summed E-state index contributed by atoms with van der Waals surface area (Å²) in [5.74, 6) is 0. The summed E-state index contributed by atoms with van der Waals surface area (Å²) in [6, 6.07) is 8.31. The van der Waals surface area contributed by atoms with Crippen molar-refractivity contribution < 1.29 is 14.2 Å². The smallest absolute Gasteiger partial charge is 0.0724 e. The Morgan fingerprint density at radius 3 is 2.20 bits per heavy atom. The van der Waals surface area contributed by atoms with Crippen LogP contribution in [0.1, 0.15) is 12.8 Å². The van der Waals surface area contributed by atoms with E-state index in [9.17, 15) is 0 Å². The molecule has 3 rings (SSSR count). The van der Waals surface area contributed by atoms with Crippen LogP contribution in [0.4, 0.5) is 11.4 Å². The first-order valence-corrected chi connectivity index (χ1v) is 9.03. The van der Waals surface area contributed by atoms with Crippen LogP contribution in [0.15, 0.2) is 30.5 Å². The number of aromatic nitrogens is 1. The average Bonchev–Trinajstić information content (AvgIpc) is 2.64. The highest BCUT2D eigenvalue weighted by atomic mass is 16.5. The summed E-state index contributed by atoms with van der Waals surface area (Å²) in [5, 5.41) is 8.09. The Balaban J connectivity index is 1.65. The van der Waals surface area contributed by atoms with Gasteiger partial charge in [0.1, 0.15) is 0 Å². The van der Waals surface area contributed by atoms with Crippen LogP contribution in [0, 0.1) is 0 Å². The predicted octanol–water partition coefficient (Wildman–Crippen LogP) is 2.90. The van der Waals surface area contributed by atoms with Gasteiger partial charge in [-0.15, -0.1) is 0 Å². The third-order valence-corrected chi connectivity index (χ3v) is 4.06. The molecule has 0 unspecified atom stereocenters. The highest BCUT2D eigenvalue weighted by Crippen LogP contribution is 2.25. The van der Waals surface area contributed by atoms with Gasteiger partial charge in [-0.3, -0.25) is 4.98 Å². The molecule has 1 aromatic heterocycles. The van der Waals surface area contributed by atoms with Crippen molar-refractivity contribution in [2.45, 2.75) is 12.8 Å². The van der Waals surface area contributed by atoms with Gasteiger partial charge in [0.25, 0.3) is 0 Å². The minimum absolute atomic E-state index is 0.620. The molecule has 2 heterocycles. The van der Waals surface area contributed by atoms with E-state index in [-0.39, 0.29) is 0 Å². The largest absolute Gasteiger partial charge is 0.385 e. The first-order chi connectivity index (χ1) is 12.4. The maximum absolute atomic E-state index is 5.59. The molecular weight excluding hydrogens is 318 g/mol. The number of nitrogens with one attached hydrogen (secondary N) is 2. The Hall–Kier alpha value is -1.89. The van der Waals surface area contributed by atoms with Crippen molar-refractivity contribution in [1.29, 1.82) is 0 Å². The molecule has 2 N–H and O–H groups in total. The van der Waals surface area contributed by atoms with E-state index in [1.165, 1.54) is 0 Å². The van der Waals surface area contributed by atoms with Crippen LogP contribution >= 0.6 is 0 Å². The van der Waals surface area contributed by atoms with E-state index in [1.54, 1.807) is 0 Å². The zero-order valence-electron chi connectivity index (χ0n) is 14.6. The predicted molar refractivity (Wildman–Crippen MR) is 100 cm³/mol. The number of fused-ring (bicyclic) bond motifs is 1. The quantitative estimate of drug-likeness (QED) is 0.765. The minimum atomic E-state index is 0.620. The fourth-order valence-electron chi connectivity index (χ4n) is 2.76. The van der Waals surface area contributed by atoms with E-state index in [0.717, 1.165) is 61.4 Å². The highest BCUT2D eigenvalue weighted by molar-refractivity contribution is 5.93. The number of benzene rings is 1. The van der Waals surface area contributed by atoms with Crippen LogP contribution in [-0.2, 0) is 14.2 Å². The monoisotopic (exact) mass is 345 g/mol. The van der Waals surface area contributed by atoms with Crippen molar-refractivity contribution >= 4 is 22.3 Å². The number of rotatable bonds is 0. The Morgan fingerprint density at radius 2 is 1.44 bits per heavy atom. The Kier molecular flexibility index (Phi) is 7.30. The summed E-state index contributed by atoms with van der Waals surface area (Å²) in [6.45, 7) is 5.71. The number of anilines is 2. The lowest BCUT2D eigenvalue weighted by molar-refractivity contribution is 0.0145. The van der Waals surface area contributed by atoms with E-state index in [1.807, 2.05) is 12.3 Å². The van der Waals surface area contributed by atoms with Crippen molar-refractivity contribution in [2.24, 2.45) is 0 Å². The molecule has 0 fully saturated rings. The Labute approximate surface area is 148 Å². The van der Waals surface area contributed by atoms with E-state index in [4.69, 9.17) is 14.2 Å². The van der Waals surface area contributed by atoms with Gasteiger partial charge in [0.2, 0.25) is 0 Å². The summed E-state index contributed by atoms with van der Waals surface area (Å²) >= 11 is 0. The molecule has 0 spiro atoms. The van der Waals surface area contributed by atoms with E-state index in [0.29, 0.717) is 26.4 Å². The fraction of sp³-hybridized carbons (Fsp3) is 0.526. The number of hydrogen-bond donors (Lipinski definition) is 2. The van der Waals surface area contributed by atoms with Gasteiger partial charge in [-0.1, -0.05) is 0 Å². The number of ether oxygens (including phenoxy) is 3. The van der Waals surface area contributed by atoms with Gasteiger partial charge in [-0.2, -0.15) is 0 Å². The molecule has 0 atom stereocenters. The van der Waals surface area contributed by atoms with Gasteiger partial charge in [-0.05, 0) is 37.1 Å². The molecular formula is C19H27N3O3. The zero-order valence-corrected chi connectivity index (χ0v) is 14.6. The number of pyridine rings is 1. The molecule has 0 radical (unpaired) electrons. The van der Waals surface area contributed by atoms with Crippen LogP contribution in [0.3, 0.4) is 0 Å². The summed E-state index contributed by atoms with van der Waals surface area (Å²) < 4.78 is 16.6. The summed E-state index contributed by atoms with van der Waals surface area (Å²) in [7, 11) is 0. The lowest BCUT2D eigenvalue weighted by Crippen LogP contribution is -2.12. The van der Waals surface area contributed by atoms with Crippen LogP contribution < -0.4 is 10.6 Å². The Morgan fingerprint density at radius 1 is 0.760 bits per heavy atom. The maximum Gasteiger partial charge on any atom is 0.0724 e. The van der Waals surface area contributed by atoms with E-state index < -0.39 is 0 Å². The Bertz CT molecular complexity index is 651. The van der Waals surface area contributed by atoms with Gasteiger partial charge in [0.05, 0.1) is 31.9 Å². The normalized spacial score (nSPS) is 18.6. The van der Waals surface area contributed by atoms with Crippen LogP contribution in [0.25, 0.3) is 10.9 Å². The van der Waals surface area contributed by atoms with Crippen molar-refractivity contribution in [3.05, 3.63) is 30.5 Å². The first kappa shape index (κ1) is 17.9. The van der Waals surface area contributed by atoms with Gasteiger partial charge >= 0.3 is 0 Å². The third kappa shape index (κ3) is 5.85. The molecule has 136 valence electrons. The lowest BCUT2D eigenvalue weighted by Gasteiger charge is -2.12. The fourth-order valence-corrected chi connectivity index (χ4v) is 2.76. The van der Waals surface area contributed by atoms with E-state index in [2.05, 4.69) is 33.8 Å². The number of hydrogen-bond acceptors (Lipinski definition) is 6. The van der Waals surface area contributed by atoms with Crippen LogP contribution in [-0.4, -0.2) is 57.7 Å². The van der Waals surface area contributed by atoms with Crippen molar-refractivity contribution in [3.8, 4) is 0 Å². The lowest BCUT2D eigenvalue weighted by atomic mass is 10.1. The molecule has 6 nitrogen and oxygen atoms in total. The second-order valence-corrected chi connectivity index (χ2v) is 5.99. The van der Waals surface area contributed by atoms with Crippen molar-refractivity contribution in [2.75, 3.05) is 63.4 Å². The highest BCUT2D eigenvalue weighted by Gasteiger charge is 2.04. The van der Waals surface area contributed by atoms with Gasteiger partial charge in [0.15, 0.2) is 0 Å². The van der Waals surface area contributed by atoms with Crippen molar-refractivity contribution in [3.63, 3.8) is 0 Å². The molecule has 2 bridgehead atoms. The SMILES string of the molecule is c1cc2c3cc(ccc3n1)NCCCOCCOCCOCCCN2. The molecule has 6 heteroatoms. The second kappa shape index (κ2) is 10.2. The molecule has 1 aromatic carbocycles. The summed E-state index contributed by atoms with van der Waals surface area (Å²) in [6.07, 6.45) is 3.75. The molecule has 0 amide bonds. The molecule has 1 aliphatic rings. The minimum Gasteiger partial charge on any atom is -0.385 e. The first-order valence-electron chi connectivity index (χ1n) is 9.03. The topological polar surface area (TPSA) is 64.6 Å². The molecule has 0 aliphatic carbocycles. The standard InChI is InChI=1S/C19H27N3O3/c1-6-20-16-3-4-18-17(15-16)19(5-8-22-18)21-7-2-10-24-12-14-25-13-11-23-9-1/h3-5,8,15,20-21H,1-2,6-7,9-14H2. The zero-order chi connectivity index (χ0) is 17.2.